The zero-order chi connectivity index (χ0) is 27.2. The molecule has 2 fully saturated rings. The number of hydrogen-bond acceptors (Lipinski definition) is 6. The maximum Gasteiger partial charge on any atom is 0.251 e. The largest absolute Gasteiger partial charge is 0.492 e. The van der Waals surface area contributed by atoms with Crippen LogP contribution in [-0.2, 0) is 21.4 Å². The van der Waals surface area contributed by atoms with Gasteiger partial charge in [-0.25, -0.2) is 8.42 Å². The van der Waals surface area contributed by atoms with Crippen molar-refractivity contribution in [1.82, 2.24) is 14.5 Å². The molecular weight excluding hydrogens is 534 g/mol. The number of hydrogen-bond donors (Lipinski definition) is 1. The lowest BCUT2D eigenvalue weighted by Gasteiger charge is -2.24. The quantitative estimate of drug-likeness (QED) is 0.373. The van der Waals surface area contributed by atoms with E-state index < -0.39 is 10.0 Å². The highest BCUT2D eigenvalue weighted by atomic mass is 32.2. The topological polar surface area (TPSA) is 96.0 Å². The van der Waals surface area contributed by atoms with Crippen molar-refractivity contribution < 1.29 is 22.7 Å². The number of thioether (sulfide) groups is 1. The average Bonchev–Trinajstić information content (AvgIpc) is 3.63. The van der Waals surface area contributed by atoms with E-state index in [0.717, 1.165) is 24.0 Å². The van der Waals surface area contributed by atoms with Gasteiger partial charge in [0.25, 0.3) is 5.91 Å². The molecule has 1 N–H and O–H groups in total. The molecule has 3 aromatic carbocycles. The zero-order valence-corrected chi connectivity index (χ0v) is 23.1. The number of ether oxygens (including phenoxy) is 1. The minimum atomic E-state index is -3.45. The first-order valence-electron chi connectivity index (χ1n) is 13.0. The fraction of sp³-hybridized carbons (Fsp3) is 0.310. The van der Waals surface area contributed by atoms with Crippen molar-refractivity contribution in [2.75, 3.05) is 32.0 Å². The van der Waals surface area contributed by atoms with Gasteiger partial charge in [0.05, 0.1) is 17.2 Å². The highest BCUT2D eigenvalue weighted by Crippen LogP contribution is 2.39. The van der Waals surface area contributed by atoms with Crippen LogP contribution in [0, 0.1) is 0 Å². The van der Waals surface area contributed by atoms with E-state index in [4.69, 9.17) is 4.74 Å². The number of sulfonamides is 1. The lowest BCUT2D eigenvalue weighted by atomic mass is 10.1. The number of amides is 2. The molecule has 2 heterocycles. The second kappa shape index (κ2) is 12.2. The van der Waals surface area contributed by atoms with Gasteiger partial charge in [-0.3, -0.25) is 9.59 Å². The summed E-state index contributed by atoms with van der Waals surface area (Å²) in [7, 11) is -3.45. The molecule has 2 amide bonds. The molecule has 0 saturated carbocycles. The van der Waals surface area contributed by atoms with Gasteiger partial charge < -0.3 is 15.0 Å². The van der Waals surface area contributed by atoms with E-state index in [-0.39, 0.29) is 28.7 Å². The van der Waals surface area contributed by atoms with Gasteiger partial charge in [0.1, 0.15) is 17.7 Å². The van der Waals surface area contributed by atoms with Crippen molar-refractivity contribution in [1.29, 1.82) is 0 Å². The van der Waals surface area contributed by atoms with Crippen LogP contribution in [0.4, 0.5) is 0 Å². The van der Waals surface area contributed by atoms with Crippen molar-refractivity contribution in [3.63, 3.8) is 0 Å². The first-order valence-corrected chi connectivity index (χ1v) is 15.5. The first kappa shape index (κ1) is 27.2. The lowest BCUT2D eigenvalue weighted by Crippen LogP contribution is -2.29. The molecule has 0 bridgehead atoms. The summed E-state index contributed by atoms with van der Waals surface area (Å²) in [6.45, 7) is 2.23. The fourth-order valence-corrected chi connectivity index (χ4v) is 7.41. The molecule has 0 radical (unpaired) electrons. The second-order valence-corrected chi connectivity index (χ2v) is 12.5. The van der Waals surface area contributed by atoms with E-state index in [1.54, 1.807) is 48.2 Å². The van der Waals surface area contributed by atoms with E-state index in [0.29, 0.717) is 43.2 Å². The lowest BCUT2D eigenvalue weighted by molar-refractivity contribution is -0.128. The van der Waals surface area contributed by atoms with Crippen molar-refractivity contribution in [2.24, 2.45) is 0 Å². The normalized spacial score (nSPS) is 17.9. The first-order chi connectivity index (χ1) is 18.9. The van der Waals surface area contributed by atoms with Crippen LogP contribution in [0.5, 0.6) is 5.75 Å². The van der Waals surface area contributed by atoms with E-state index >= 15 is 0 Å². The van der Waals surface area contributed by atoms with Crippen LogP contribution in [0.15, 0.2) is 83.8 Å². The van der Waals surface area contributed by atoms with Gasteiger partial charge in [-0.15, -0.1) is 11.8 Å². The van der Waals surface area contributed by atoms with Crippen molar-refractivity contribution >= 4 is 33.6 Å². The SMILES string of the molecule is O=C(NCCOc1ccc(S(=O)(=O)N2CCCC2)cc1)c1ccc(C2SCC(=O)N2Cc2ccccc2)cc1. The van der Waals surface area contributed by atoms with Gasteiger partial charge >= 0.3 is 0 Å². The molecule has 2 aliphatic rings. The summed E-state index contributed by atoms with van der Waals surface area (Å²) in [5.41, 5.74) is 2.59. The Labute approximate surface area is 233 Å². The Morgan fingerprint density at radius 1 is 0.949 bits per heavy atom. The Kier molecular flexibility index (Phi) is 8.54. The van der Waals surface area contributed by atoms with Crippen LogP contribution >= 0.6 is 11.8 Å². The smallest absolute Gasteiger partial charge is 0.251 e. The molecule has 39 heavy (non-hydrogen) atoms. The fourth-order valence-electron chi connectivity index (χ4n) is 4.70. The number of benzene rings is 3. The van der Waals surface area contributed by atoms with E-state index in [1.807, 2.05) is 47.4 Å². The van der Waals surface area contributed by atoms with Gasteiger partial charge in [0.15, 0.2) is 0 Å². The third-order valence-electron chi connectivity index (χ3n) is 6.80. The van der Waals surface area contributed by atoms with E-state index in [9.17, 15) is 18.0 Å². The minimum absolute atomic E-state index is 0.0834. The Morgan fingerprint density at radius 3 is 2.33 bits per heavy atom. The van der Waals surface area contributed by atoms with Gasteiger partial charge in [-0.1, -0.05) is 42.5 Å². The number of rotatable bonds is 10. The van der Waals surface area contributed by atoms with Gasteiger partial charge in [-0.05, 0) is 60.4 Å². The minimum Gasteiger partial charge on any atom is -0.492 e. The summed E-state index contributed by atoms with van der Waals surface area (Å²) < 4.78 is 32.5. The van der Waals surface area contributed by atoms with Crippen LogP contribution in [0.25, 0.3) is 0 Å². The van der Waals surface area contributed by atoms with Crippen LogP contribution in [-0.4, -0.2) is 61.4 Å². The molecule has 3 aromatic rings. The Hall–Kier alpha value is -3.34. The third-order valence-corrected chi connectivity index (χ3v) is 9.97. The highest BCUT2D eigenvalue weighted by Gasteiger charge is 2.33. The maximum atomic E-state index is 12.6. The number of carbonyl (C=O) groups excluding carboxylic acids is 2. The Morgan fingerprint density at radius 2 is 1.64 bits per heavy atom. The molecule has 5 rings (SSSR count). The summed E-state index contributed by atoms with van der Waals surface area (Å²) in [6.07, 6.45) is 1.79. The zero-order valence-electron chi connectivity index (χ0n) is 21.5. The summed E-state index contributed by atoms with van der Waals surface area (Å²) in [4.78, 5) is 27.3. The molecule has 10 heteroatoms. The Balaban J connectivity index is 1.10. The van der Waals surface area contributed by atoms with Gasteiger partial charge in [-0.2, -0.15) is 4.31 Å². The molecule has 0 spiro atoms. The van der Waals surface area contributed by atoms with Gasteiger partial charge in [0, 0.05) is 25.2 Å². The number of nitrogens with one attached hydrogen (secondary N) is 1. The highest BCUT2D eigenvalue weighted by molar-refractivity contribution is 8.00. The van der Waals surface area contributed by atoms with E-state index in [2.05, 4.69) is 5.32 Å². The molecule has 0 aromatic heterocycles. The molecular formula is C29H31N3O5S2. The molecule has 2 saturated heterocycles. The summed E-state index contributed by atoms with van der Waals surface area (Å²) in [5, 5.41) is 2.76. The number of nitrogens with zero attached hydrogens (tertiary/aromatic N) is 2. The van der Waals surface area contributed by atoms with Crippen molar-refractivity contribution in [3.05, 3.63) is 95.6 Å². The third kappa shape index (κ3) is 6.46. The molecule has 2 aliphatic heterocycles. The van der Waals surface area contributed by atoms with Crippen LogP contribution < -0.4 is 10.1 Å². The van der Waals surface area contributed by atoms with Crippen LogP contribution in [0.3, 0.4) is 0 Å². The van der Waals surface area contributed by atoms with Crippen LogP contribution in [0.1, 0.15) is 39.7 Å². The molecule has 1 atom stereocenters. The summed E-state index contributed by atoms with van der Waals surface area (Å²) >= 11 is 1.59. The van der Waals surface area contributed by atoms with E-state index in [1.165, 1.54) is 4.31 Å². The standard InChI is InChI=1S/C29H31N3O5S2/c33-27-21-38-29(32(27)20-22-6-2-1-3-7-22)24-10-8-23(9-11-24)28(34)30-16-19-37-25-12-14-26(15-13-25)39(35,36)31-17-4-5-18-31/h1-3,6-15,29H,4-5,16-21H2,(H,30,34). The molecule has 204 valence electrons. The Bertz CT molecular complexity index is 1390. The van der Waals surface area contributed by atoms with Crippen LogP contribution in [0.2, 0.25) is 0 Å². The average molecular weight is 566 g/mol. The summed E-state index contributed by atoms with van der Waals surface area (Å²) in [6, 6.07) is 23.6. The predicted molar refractivity (Wildman–Crippen MR) is 151 cm³/mol. The second-order valence-electron chi connectivity index (χ2n) is 9.48. The summed E-state index contributed by atoms with van der Waals surface area (Å²) in [5.74, 6) is 0.876. The molecule has 8 nitrogen and oxygen atoms in total. The predicted octanol–water partition coefficient (Wildman–Crippen LogP) is 4.05. The number of carbonyl (C=O) groups is 2. The maximum absolute atomic E-state index is 12.6. The van der Waals surface area contributed by atoms with Crippen molar-refractivity contribution in [2.45, 2.75) is 29.7 Å². The van der Waals surface area contributed by atoms with Crippen molar-refractivity contribution in [3.8, 4) is 5.75 Å². The molecule has 0 aliphatic carbocycles. The van der Waals surface area contributed by atoms with Gasteiger partial charge in [0.2, 0.25) is 15.9 Å². The molecule has 1 unspecified atom stereocenters. The monoisotopic (exact) mass is 565 g/mol.